The molecule has 0 heterocycles. The van der Waals surface area contributed by atoms with E-state index in [1.54, 1.807) is 18.9 Å². The Labute approximate surface area is 107 Å². The highest BCUT2D eigenvalue weighted by atomic mass is 32.2. The summed E-state index contributed by atoms with van der Waals surface area (Å²) in [4.78, 5) is 13.0. The number of ether oxygens (including phenoxy) is 1. The van der Waals surface area contributed by atoms with Crippen molar-refractivity contribution in [2.45, 2.75) is 30.0 Å². The van der Waals surface area contributed by atoms with Crippen molar-refractivity contribution in [1.82, 2.24) is 5.32 Å². The first kappa shape index (κ1) is 14.1. The first-order chi connectivity index (χ1) is 8.13. The fourth-order valence-electron chi connectivity index (χ4n) is 1.41. The van der Waals surface area contributed by atoms with Gasteiger partial charge in [-0.2, -0.15) is 0 Å². The molecule has 0 aromatic heterocycles. The number of carbonyl (C=O) groups excluding carboxylic acids is 1. The summed E-state index contributed by atoms with van der Waals surface area (Å²) in [5.41, 5.74) is 0. The number of rotatable bonds is 6. The lowest BCUT2D eigenvalue weighted by Crippen LogP contribution is -2.39. The van der Waals surface area contributed by atoms with E-state index in [-0.39, 0.29) is 17.2 Å². The number of hydrogen-bond acceptors (Lipinski definition) is 3. The largest absolute Gasteiger partial charge is 0.383 e. The van der Waals surface area contributed by atoms with Gasteiger partial charge < -0.3 is 10.1 Å². The van der Waals surface area contributed by atoms with Crippen LogP contribution in [0, 0.1) is 0 Å². The van der Waals surface area contributed by atoms with E-state index in [1.807, 2.05) is 44.2 Å². The van der Waals surface area contributed by atoms with Gasteiger partial charge in [0.25, 0.3) is 0 Å². The molecule has 1 aromatic rings. The van der Waals surface area contributed by atoms with Crippen LogP contribution in [-0.2, 0) is 9.53 Å². The molecule has 0 aliphatic carbocycles. The summed E-state index contributed by atoms with van der Waals surface area (Å²) in [6.45, 7) is 4.38. The van der Waals surface area contributed by atoms with Crippen molar-refractivity contribution < 1.29 is 9.53 Å². The molecule has 4 heteroatoms. The van der Waals surface area contributed by atoms with E-state index in [4.69, 9.17) is 4.74 Å². The minimum absolute atomic E-state index is 0.0448. The topological polar surface area (TPSA) is 38.3 Å². The van der Waals surface area contributed by atoms with E-state index in [0.717, 1.165) is 4.90 Å². The van der Waals surface area contributed by atoms with E-state index in [0.29, 0.717) is 6.61 Å². The Morgan fingerprint density at radius 2 is 2.00 bits per heavy atom. The van der Waals surface area contributed by atoms with Crippen molar-refractivity contribution in [3.63, 3.8) is 0 Å². The zero-order valence-corrected chi connectivity index (χ0v) is 11.3. The summed E-state index contributed by atoms with van der Waals surface area (Å²) in [5.74, 6) is 0.0448. The number of carbonyl (C=O) groups is 1. The van der Waals surface area contributed by atoms with Gasteiger partial charge in [-0.3, -0.25) is 4.79 Å². The molecular formula is C13H19NO2S. The molecule has 0 spiro atoms. The molecule has 0 fully saturated rings. The standard InChI is InChI=1S/C13H19NO2S/c1-10(9-16-3)14-13(15)11(2)17-12-7-5-4-6-8-12/h4-8,10-11H,9H2,1-3H3,(H,14,15)/t10-,11+/m1/s1. The summed E-state index contributed by atoms with van der Waals surface area (Å²) in [6, 6.07) is 9.97. The van der Waals surface area contributed by atoms with Gasteiger partial charge in [0.05, 0.1) is 11.9 Å². The number of amides is 1. The number of nitrogens with one attached hydrogen (secondary N) is 1. The lowest BCUT2D eigenvalue weighted by molar-refractivity contribution is -0.121. The predicted molar refractivity (Wildman–Crippen MR) is 71.2 cm³/mol. The normalized spacial score (nSPS) is 14.1. The molecule has 0 radical (unpaired) electrons. The summed E-state index contributed by atoms with van der Waals surface area (Å²) >= 11 is 1.56. The Morgan fingerprint density at radius 1 is 1.35 bits per heavy atom. The molecule has 0 aliphatic rings. The second-order valence-corrected chi connectivity index (χ2v) is 5.35. The molecule has 0 bridgehead atoms. The van der Waals surface area contributed by atoms with E-state index < -0.39 is 0 Å². The fourth-order valence-corrected chi connectivity index (χ4v) is 2.31. The Bertz CT molecular complexity index is 343. The highest BCUT2D eigenvalue weighted by Crippen LogP contribution is 2.22. The highest BCUT2D eigenvalue weighted by molar-refractivity contribution is 8.00. The van der Waals surface area contributed by atoms with Gasteiger partial charge >= 0.3 is 0 Å². The Kier molecular flexibility index (Phi) is 6.08. The summed E-state index contributed by atoms with van der Waals surface area (Å²) in [5, 5.41) is 2.82. The predicted octanol–water partition coefficient (Wildman–Crippen LogP) is 2.32. The van der Waals surface area contributed by atoms with Crippen molar-refractivity contribution in [2.75, 3.05) is 13.7 Å². The molecule has 1 amide bonds. The molecular weight excluding hydrogens is 234 g/mol. The van der Waals surface area contributed by atoms with Crippen molar-refractivity contribution >= 4 is 17.7 Å². The third kappa shape index (κ3) is 5.24. The van der Waals surface area contributed by atoms with Gasteiger partial charge in [-0.1, -0.05) is 18.2 Å². The van der Waals surface area contributed by atoms with Crippen LogP contribution in [0.5, 0.6) is 0 Å². The minimum atomic E-state index is -0.100. The maximum atomic E-state index is 11.8. The lowest BCUT2D eigenvalue weighted by atomic mass is 10.3. The second-order valence-electron chi connectivity index (χ2n) is 3.94. The van der Waals surface area contributed by atoms with Gasteiger partial charge in [-0.15, -0.1) is 11.8 Å². The highest BCUT2D eigenvalue weighted by Gasteiger charge is 2.16. The smallest absolute Gasteiger partial charge is 0.233 e. The van der Waals surface area contributed by atoms with E-state index in [1.165, 1.54) is 0 Å². The maximum absolute atomic E-state index is 11.8. The zero-order valence-electron chi connectivity index (χ0n) is 10.5. The lowest BCUT2D eigenvalue weighted by Gasteiger charge is -2.16. The quantitative estimate of drug-likeness (QED) is 0.791. The molecule has 1 rings (SSSR count). The zero-order chi connectivity index (χ0) is 12.7. The fraction of sp³-hybridized carbons (Fsp3) is 0.462. The van der Waals surface area contributed by atoms with Crippen molar-refractivity contribution in [2.24, 2.45) is 0 Å². The third-order valence-corrected chi connectivity index (χ3v) is 3.34. The number of hydrogen-bond donors (Lipinski definition) is 1. The van der Waals surface area contributed by atoms with Gasteiger partial charge in [0.15, 0.2) is 0 Å². The van der Waals surface area contributed by atoms with Gasteiger partial charge in [-0.25, -0.2) is 0 Å². The number of benzene rings is 1. The molecule has 0 unspecified atom stereocenters. The average Bonchev–Trinajstić information content (AvgIpc) is 2.30. The molecule has 1 N–H and O–H groups in total. The van der Waals surface area contributed by atoms with Gasteiger partial charge in [0, 0.05) is 18.0 Å². The molecule has 1 aromatic carbocycles. The average molecular weight is 253 g/mol. The second kappa shape index (κ2) is 7.35. The van der Waals surface area contributed by atoms with Crippen LogP contribution in [0.3, 0.4) is 0 Å². The Morgan fingerprint density at radius 3 is 2.59 bits per heavy atom. The van der Waals surface area contributed by atoms with Crippen LogP contribution in [0.2, 0.25) is 0 Å². The van der Waals surface area contributed by atoms with Crippen LogP contribution < -0.4 is 5.32 Å². The van der Waals surface area contributed by atoms with Gasteiger partial charge in [0.1, 0.15) is 0 Å². The molecule has 94 valence electrons. The summed E-state index contributed by atoms with van der Waals surface area (Å²) < 4.78 is 4.98. The Balaban J connectivity index is 2.42. The molecule has 0 saturated carbocycles. The van der Waals surface area contributed by atoms with E-state index in [9.17, 15) is 4.79 Å². The van der Waals surface area contributed by atoms with Crippen molar-refractivity contribution in [1.29, 1.82) is 0 Å². The summed E-state index contributed by atoms with van der Waals surface area (Å²) in [6.07, 6.45) is 0. The van der Waals surface area contributed by atoms with Gasteiger partial charge in [-0.05, 0) is 26.0 Å². The molecule has 17 heavy (non-hydrogen) atoms. The van der Waals surface area contributed by atoms with E-state index >= 15 is 0 Å². The van der Waals surface area contributed by atoms with Crippen molar-refractivity contribution in [3.05, 3.63) is 30.3 Å². The first-order valence-corrected chi connectivity index (χ1v) is 6.52. The third-order valence-electron chi connectivity index (χ3n) is 2.23. The monoisotopic (exact) mass is 253 g/mol. The molecule has 3 nitrogen and oxygen atoms in total. The number of thioether (sulfide) groups is 1. The maximum Gasteiger partial charge on any atom is 0.233 e. The van der Waals surface area contributed by atoms with Crippen LogP contribution in [0.1, 0.15) is 13.8 Å². The molecule has 0 saturated heterocycles. The van der Waals surface area contributed by atoms with Crippen LogP contribution in [0.25, 0.3) is 0 Å². The van der Waals surface area contributed by atoms with Crippen LogP contribution >= 0.6 is 11.8 Å². The van der Waals surface area contributed by atoms with Crippen molar-refractivity contribution in [3.8, 4) is 0 Å². The van der Waals surface area contributed by atoms with Gasteiger partial charge in [0.2, 0.25) is 5.91 Å². The molecule has 0 aliphatic heterocycles. The first-order valence-electron chi connectivity index (χ1n) is 5.64. The van der Waals surface area contributed by atoms with E-state index in [2.05, 4.69) is 5.32 Å². The summed E-state index contributed by atoms with van der Waals surface area (Å²) in [7, 11) is 1.63. The minimum Gasteiger partial charge on any atom is -0.383 e. The van der Waals surface area contributed by atoms with Crippen LogP contribution in [0.15, 0.2) is 35.2 Å². The molecule has 2 atom stereocenters. The number of methoxy groups -OCH3 is 1. The van der Waals surface area contributed by atoms with Crippen LogP contribution in [-0.4, -0.2) is 30.9 Å². The SMILES string of the molecule is COC[C@@H](C)NC(=O)[C@H](C)Sc1ccccc1. The Hall–Kier alpha value is -1.00. The van der Waals surface area contributed by atoms with Crippen LogP contribution in [0.4, 0.5) is 0 Å².